The quantitative estimate of drug-likeness (QED) is 0.302. The summed E-state index contributed by atoms with van der Waals surface area (Å²) in [5, 5.41) is 14.5. The molecule has 3 aromatic rings. The van der Waals surface area contributed by atoms with Crippen LogP contribution < -0.4 is 5.32 Å². The van der Waals surface area contributed by atoms with Crippen LogP contribution in [0.25, 0.3) is 16.0 Å². The van der Waals surface area contributed by atoms with Crippen LogP contribution in [0.2, 0.25) is 0 Å². The van der Waals surface area contributed by atoms with Crippen molar-refractivity contribution >= 4 is 23.3 Å². The second-order valence-electron chi connectivity index (χ2n) is 7.02. The summed E-state index contributed by atoms with van der Waals surface area (Å²) in [4.78, 5) is 38.1. The molecule has 0 aliphatic heterocycles. The number of nitrogens with one attached hydrogen (secondary N) is 1. The maximum Gasteiger partial charge on any atom is 0.512 e. The Morgan fingerprint density at radius 2 is 1.79 bits per heavy atom. The number of anilines is 1. The lowest BCUT2D eigenvalue weighted by atomic mass is 9.99. The number of nitro groups is 1. The standard InChI is InChI=1S/C25H21N3O5/c1-3-33-25(30)22-9-6-10-23(28(31)32)24(22)27-15-18-11-13-19(14-12-18)21-8-5-4-7-20(21)16-26-17(2)29/h4-14H,3,15H2,1-2H3/p+1. The number of rotatable bonds is 7. The summed E-state index contributed by atoms with van der Waals surface area (Å²) in [6.45, 7) is 3.46. The number of hydrogen-bond donors (Lipinski definition) is 1. The molecule has 33 heavy (non-hydrogen) atoms. The van der Waals surface area contributed by atoms with Crippen molar-refractivity contribution in [2.45, 2.75) is 20.4 Å². The Bertz CT molecular complexity index is 1260. The second kappa shape index (κ2) is 10.7. The summed E-state index contributed by atoms with van der Waals surface area (Å²) >= 11 is 0. The highest BCUT2D eigenvalue weighted by atomic mass is 16.6. The number of amides is 1. The number of nitro benzene ring substituents is 1. The molecule has 3 rings (SSSR count). The minimum Gasteiger partial charge on any atom is -0.462 e. The first-order valence-electron chi connectivity index (χ1n) is 10.2. The maximum absolute atomic E-state index is 12.3. The fourth-order valence-electron chi connectivity index (χ4n) is 3.22. The Morgan fingerprint density at radius 3 is 2.45 bits per heavy atom. The SMILES string of the molecule is CCOC(=O)c1cccc([N+](=O)[O-])c1NCc1ccc(-c2ccccc2C#[N+]C(C)=O)cc1. The zero-order chi connectivity index (χ0) is 23.8. The molecule has 0 radical (unpaired) electrons. The summed E-state index contributed by atoms with van der Waals surface area (Å²) in [5.41, 5.74) is 3.33. The van der Waals surface area contributed by atoms with Gasteiger partial charge in [0.05, 0.1) is 24.0 Å². The molecule has 8 heteroatoms. The third kappa shape index (κ3) is 5.80. The van der Waals surface area contributed by atoms with E-state index in [-0.39, 0.29) is 36.0 Å². The molecular formula is C25H22N3O5+. The van der Waals surface area contributed by atoms with Gasteiger partial charge in [-0.1, -0.05) is 48.5 Å². The molecule has 0 aliphatic rings. The monoisotopic (exact) mass is 444 g/mol. The highest BCUT2D eigenvalue weighted by molar-refractivity contribution is 5.98. The predicted octanol–water partition coefficient (Wildman–Crippen LogP) is 5.28. The zero-order valence-corrected chi connectivity index (χ0v) is 18.2. The lowest BCUT2D eigenvalue weighted by Gasteiger charge is -2.12. The van der Waals surface area contributed by atoms with E-state index in [0.717, 1.165) is 16.7 Å². The summed E-state index contributed by atoms with van der Waals surface area (Å²) in [5.74, 6) is -0.956. The highest BCUT2D eigenvalue weighted by Gasteiger charge is 2.22. The van der Waals surface area contributed by atoms with Gasteiger partial charge < -0.3 is 10.1 Å². The molecule has 1 N–H and O–H groups in total. The van der Waals surface area contributed by atoms with E-state index in [9.17, 15) is 19.7 Å². The molecule has 1 amide bonds. The average molecular weight is 444 g/mol. The van der Waals surface area contributed by atoms with Gasteiger partial charge in [0, 0.05) is 23.0 Å². The Morgan fingerprint density at radius 1 is 1.06 bits per heavy atom. The van der Waals surface area contributed by atoms with Gasteiger partial charge in [0.2, 0.25) is 0 Å². The van der Waals surface area contributed by atoms with Crippen molar-refractivity contribution in [3.05, 3.63) is 98.4 Å². The molecule has 0 aliphatic carbocycles. The van der Waals surface area contributed by atoms with E-state index in [1.807, 2.05) is 48.5 Å². The molecule has 0 saturated heterocycles. The number of nitrogens with zero attached hydrogens (tertiary/aromatic N) is 2. The van der Waals surface area contributed by atoms with E-state index < -0.39 is 10.9 Å². The highest BCUT2D eigenvalue weighted by Crippen LogP contribution is 2.30. The van der Waals surface area contributed by atoms with Gasteiger partial charge in [0.1, 0.15) is 11.3 Å². The molecular weight excluding hydrogens is 422 g/mol. The molecule has 0 heterocycles. The van der Waals surface area contributed by atoms with Crippen molar-refractivity contribution in [3.8, 4) is 17.2 Å². The van der Waals surface area contributed by atoms with Gasteiger partial charge in [-0.2, -0.15) is 0 Å². The lowest BCUT2D eigenvalue weighted by molar-refractivity contribution is -0.384. The Kier molecular flexibility index (Phi) is 7.50. The van der Waals surface area contributed by atoms with E-state index in [4.69, 9.17) is 4.74 Å². The van der Waals surface area contributed by atoms with Crippen LogP contribution in [0.3, 0.4) is 0 Å². The minimum atomic E-state index is -0.626. The fourth-order valence-corrected chi connectivity index (χ4v) is 3.22. The van der Waals surface area contributed by atoms with Crippen LogP contribution in [-0.4, -0.2) is 23.4 Å². The van der Waals surface area contributed by atoms with Gasteiger partial charge in [-0.3, -0.25) is 10.1 Å². The topological polar surface area (TPSA) is 103 Å². The van der Waals surface area contributed by atoms with Crippen molar-refractivity contribution < 1.29 is 19.2 Å². The van der Waals surface area contributed by atoms with Crippen LogP contribution in [0.5, 0.6) is 0 Å². The first-order valence-corrected chi connectivity index (χ1v) is 10.2. The molecule has 0 spiro atoms. The van der Waals surface area contributed by atoms with Crippen molar-refractivity contribution in [3.63, 3.8) is 0 Å². The third-order valence-electron chi connectivity index (χ3n) is 4.73. The maximum atomic E-state index is 12.3. The molecule has 0 bridgehead atoms. The largest absolute Gasteiger partial charge is 0.512 e. The molecule has 0 atom stereocenters. The van der Waals surface area contributed by atoms with E-state index in [1.165, 1.54) is 25.1 Å². The molecule has 3 aromatic carbocycles. The summed E-state index contributed by atoms with van der Waals surface area (Å²) < 4.78 is 5.03. The Balaban J connectivity index is 1.85. The number of ether oxygens (including phenoxy) is 1. The third-order valence-corrected chi connectivity index (χ3v) is 4.73. The molecule has 166 valence electrons. The number of carbonyl (C=O) groups is 2. The van der Waals surface area contributed by atoms with Gasteiger partial charge >= 0.3 is 17.9 Å². The molecule has 0 unspecified atom stereocenters. The summed E-state index contributed by atoms with van der Waals surface area (Å²) in [6.07, 6.45) is 0. The Hall–Kier alpha value is -4.51. The molecule has 0 saturated carbocycles. The smallest absolute Gasteiger partial charge is 0.462 e. The van der Waals surface area contributed by atoms with Crippen molar-refractivity contribution in [1.82, 2.24) is 0 Å². The summed E-state index contributed by atoms with van der Waals surface area (Å²) in [6, 6.07) is 22.1. The van der Waals surface area contributed by atoms with E-state index in [1.54, 1.807) is 6.92 Å². The summed E-state index contributed by atoms with van der Waals surface area (Å²) in [7, 11) is 0. The van der Waals surface area contributed by atoms with Gasteiger partial charge in [-0.15, -0.1) is 0 Å². The van der Waals surface area contributed by atoms with Gasteiger partial charge in [-0.25, -0.2) is 9.59 Å². The zero-order valence-electron chi connectivity index (χ0n) is 18.2. The van der Waals surface area contributed by atoms with Crippen molar-refractivity contribution in [2.75, 3.05) is 11.9 Å². The first kappa shape index (κ1) is 23.2. The lowest BCUT2D eigenvalue weighted by Crippen LogP contribution is -2.11. The Labute approximate surface area is 190 Å². The van der Waals surface area contributed by atoms with Gasteiger partial charge in [-0.05, 0) is 30.2 Å². The molecule has 8 nitrogen and oxygen atoms in total. The molecule has 0 aromatic heterocycles. The predicted molar refractivity (Wildman–Crippen MR) is 125 cm³/mol. The first-order chi connectivity index (χ1) is 15.9. The van der Waals surface area contributed by atoms with Crippen LogP contribution in [0.1, 0.15) is 35.3 Å². The van der Waals surface area contributed by atoms with Gasteiger partial charge in [0.15, 0.2) is 0 Å². The molecule has 0 fully saturated rings. The normalized spacial score (nSPS) is 10.0. The van der Waals surface area contributed by atoms with Gasteiger partial charge in [0.25, 0.3) is 5.69 Å². The average Bonchev–Trinajstić information content (AvgIpc) is 2.81. The van der Waals surface area contributed by atoms with Crippen molar-refractivity contribution in [1.29, 1.82) is 0 Å². The van der Waals surface area contributed by atoms with E-state index in [2.05, 4.69) is 16.2 Å². The van der Waals surface area contributed by atoms with Crippen LogP contribution in [0.4, 0.5) is 11.4 Å². The second-order valence-corrected chi connectivity index (χ2v) is 7.02. The minimum absolute atomic E-state index is 0.108. The number of para-hydroxylation sites is 1. The van der Waals surface area contributed by atoms with E-state index >= 15 is 0 Å². The van der Waals surface area contributed by atoms with Crippen molar-refractivity contribution in [2.24, 2.45) is 0 Å². The number of benzene rings is 3. The number of esters is 1. The van der Waals surface area contributed by atoms with Crippen LogP contribution >= 0.6 is 0 Å². The van der Waals surface area contributed by atoms with Crippen LogP contribution in [0, 0.1) is 16.2 Å². The van der Waals surface area contributed by atoms with Crippen LogP contribution in [0.15, 0.2) is 66.7 Å². The number of carbonyl (C=O) groups excluding carboxylic acids is 2. The van der Waals surface area contributed by atoms with E-state index in [0.29, 0.717) is 5.56 Å². The number of hydrogen-bond acceptors (Lipinski definition) is 6. The van der Waals surface area contributed by atoms with Crippen LogP contribution in [-0.2, 0) is 16.1 Å². The fraction of sp³-hybridized carbons (Fsp3) is 0.160.